The highest BCUT2D eigenvalue weighted by molar-refractivity contribution is 5.95. The zero-order valence-corrected chi connectivity index (χ0v) is 12.1. The van der Waals surface area contributed by atoms with E-state index in [4.69, 9.17) is 4.74 Å². The number of carbonyl (C=O) groups is 1. The van der Waals surface area contributed by atoms with Gasteiger partial charge < -0.3 is 10.1 Å². The Kier molecular flexibility index (Phi) is 5.14. The molecule has 0 saturated heterocycles. The first-order valence-corrected chi connectivity index (χ1v) is 7.25. The number of amides is 1. The summed E-state index contributed by atoms with van der Waals surface area (Å²) in [6.07, 6.45) is 6.61. The van der Waals surface area contributed by atoms with Crippen molar-refractivity contribution in [2.24, 2.45) is 0 Å². The van der Waals surface area contributed by atoms with Crippen molar-refractivity contribution in [3.63, 3.8) is 0 Å². The molecule has 1 amide bonds. The van der Waals surface area contributed by atoms with Crippen molar-refractivity contribution in [1.29, 1.82) is 0 Å². The Labute approximate surface area is 123 Å². The van der Waals surface area contributed by atoms with E-state index in [2.05, 4.69) is 5.32 Å². The van der Waals surface area contributed by atoms with Crippen molar-refractivity contribution in [1.82, 2.24) is 5.32 Å². The lowest BCUT2D eigenvalue weighted by atomic mass is 10.1. The number of hydrogen-bond acceptors (Lipinski definition) is 4. The molecule has 1 aromatic rings. The fourth-order valence-electron chi connectivity index (χ4n) is 2.67. The molecule has 1 fully saturated rings. The molecule has 0 unspecified atom stereocenters. The minimum atomic E-state index is -0.540. The predicted octanol–water partition coefficient (Wildman–Crippen LogP) is 3.06. The molecule has 2 rings (SSSR count). The topological polar surface area (TPSA) is 81.5 Å². The van der Waals surface area contributed by atoms with Gasteiger partial charge in [0.1, 0.15) is 0 Å². The van der Waals surface area contributed by atoms with Crippen molar-refractivity contribution < 1.29 is 14.5 Å². The Morgan fingerprint density at radius 2 is 1.95 bits per heavy atom. The molecule has 0 spiro atoms. The van der Waals surface area contributed by atoms with Crippen LogP contribution < -0.4 is 10.1 Å². The van der Waals surface area contributed by atoms with Crippen LogP contribution in [-0.4, -0.2) is 24.0 Å². The van der Waals surface area contributed by atoms with Gasteiger partial charge in [0.15, 0.2) is 5.75 Å². The highest BCUT2D eigenvalue weighted by Crippen LogP contribution is 2.27. The van der Waals surface area contributed by atoms with Crippen LogP contribution in [0.2, 0.25) is 0 Å². The second kappa shape index (κ2) is 7.06. The van der Waals surface area contributed by atoms with Gasteiger partial charge in [-0.2, -0.15) is 0 Å². The molecule has 0 heterocycles. The van der Waals surface area contributed by atoms with E-state index in [1.807, 2.05) is 0 Å². The van der Waals surface area contributed by atoms with Crippen LogP contribution in [0.3, 0.4) is 0 Å². The zero-order valence-electron chi connectivity index (χ0n) is 12.1. The maximum Gasteiger partial charge on any atom is 0.311 e. The average Bonchev–Trinajstić information content (AvgIpc) is 2.75. The normalized spacial score (nSPS) is 16.0. The highest BCUT2D eigenvalue weighted by Gasteiger charge is 2.20. The van der Waals surface area contributed by atoms with Gasteiger partial charge in [-0.05, 0) is 25.0 Å². The summed E-state index contributed by atoms with van der Waals surface area (Å²) in [6.45, 7) is 0. The number of carbonyl (C=O) groups excluding carboxylic acids is 1. The van der Waals surface area contributed by atoms with Gasteiger partial charge in [-0.1, -0.05) is 25.7 Å². The smallest absolute Gasteiger partial charge is 0.311 e. The van der Waals surface area contributed by atoms with Crippen LogP contribution in [0.1, 0.15) is 48.9 Å². The molecule has 0 bridgehead atoms. The van der Waals surface area contributed by atoms with Crippen molar-refractivity contribution in [2.45, 2.75) is 44.6 Å². The number of hydrogen-bond donors (Lipinski definition) is 1. The van der Waals surface area contributed by atoms with Crippen LogP contribution in [0.5, 0.6) is 5.75 Å². The van der Waals surface area contributed by atoms with E-state index in [-0.39, 0.29) is 23.4 Å². The van der Waals surface area contributed by atoms with E-state index in [9.17, 15) is 14.9 Å². The number of nitro groups is 1. The monoisotopic (exact) mass is 292 g/mol. The molecular weight excluding hydrogens is 272 g/mol. The average molecular weight is 292 g/mol. The molecular formula is C15H20N2O4. The first kappa shape index (κ1) is 15.3. The number of benzene rings is 1. The Hall–Kier alpha value is -2.11. The van der Waals surface area contributed by atoms with Crippen LogP contribution >= 0.6 is 0 Å². The Morgan fingerprint density at radius 3 is 2.52 bits per heavy atom. The maximum absolute atomic E-state index is 12.2. The number of nitrogens with one attached hydrogen (secondary N) is 1. The summed E-state index contributed by atoms with van der Waals surface area (Å²) < 4.78 is 4.93. The first-order chi connectivity index (χ1) is 10.1. The molecule has 1 aliphatic rings. The second-order valence-corrected chi connectivity index (χ2v) is 5.31. The van der Waals surface area contributed by atoms with Gasteiger partial charge in [-0.3, -0.25) is 14.9 Å². The van der Waals surface area contributed by atoms with Crippen molar-refractivity contribution in [3.05, 3.63) is 33.9 Å². The summed E-state index contributed by atoms with van der Waals surface area (Å²) >= 11 is 0. The second-order valence-electron chi connectivity index (χ2n) is 5.31. The lowest BCUT2D eigenvalue weighted by Crippen LogP contribution is -2.34. The quantitative estimate of drug-likeness (QED) is 0.525. The SMILES string of the molecule is COc1ccc(C(=O)NC2CCCCCC2)cc1[N+](=O)[O-]. The molecule has 0 aliphatic heterocycles. The van der Waals surface area contributed by atoms with E-state index in [1.165, 1.54) is 32.1 Å². The Bertz CT molecular complexity index is 522. The third-order valence-corrected chi connectivity index (χ3v) is 3.83. The van der Waals surface area contributed by atoms with E-state index in [0.29, 0.717) is 5.56 Å². The van der Waals surface area contributed by atoms with E-state index in [1.54, 1.807) is 6.07 Å². The summed E-state index contributed by atoms with van der Waals surface area (Å²) in [5, 5.41) is 14.0. The molecule has 6 heteroatoms. The standard InChI is InChI=1S/C15H20N2O4/c1-21-14-9-8-11(10-13(14)17(19)20)15(18)16-12-6-4-2-3-5-7-12/h8-10,12H,2-7H2,1H3,(H,16,18). The summed E-state index contributed by atoms with van der Waals surface area (Å²) in [5.41, 5.74) is 0.109. The van der Waals surface area contributed by atoms with Crippen molar-refractivity contribution >= 4 is 11.6 Å². The summed E-state index contributed by atoms with van der Waals surface area (Å²) in [4.78, 5) is 22.7. The molecule has 1 aromatic carbocycles. The van der Waals surface area contributed by atoms with E-state index in [0.717, 1.165) is 25.7 Å². The fraction of sp³-hybridized carbons (Fsp3) is 0.533. The predicted molar refractivity (Wildman–Crippen MR) is 78.6 cm³/mol. The summed E-state index contributed by atoms with van der Waals surface area (Å²) in [7, 11) is 1.37. The van der Waals surface area contributed by atoms with Gasteiger partial charge in [-0.25, -0.2) is 0 Å². The van der Waals surface area contributed by atoms with Gasteiger partial charge in [0.05, 0.1) is 12.0 Å². The van der Waals surface area contributed by atoms with Crippen LogP contribution in [-0.2, 0) is 0 Å². The molecule has 0 aromatic heterocycles. The van der Waals surface area contributed by atoms with Crippen LogP contribution in [0, 0.1) is 10.1 Å². The van der Waals surface area contributed by atoms with Gasteiger partial charge in [-0.15, -0.1) is 0 Å². The summed E-state index contributed by atoms with van der Waals surface area (Å²) in [6, 6.07) is 4.45. The van der Waals surface area contributed by atoms with Crippen LogP contribution in [0.25, 0.3) is 0 Å². The van der Waals surface area contributed by atoms with Gasteiger partial charge in [0.2, 0.25) is 0 Å². The number of nitrogens with zero attached hydrogens (tertiary/aromatic N) is 1. The minimum Gasteiger partial charge on any atom is -0.490 e. The van der Waals surface area contributed by atoms with Crippen LogP contribution in [0.4, 0.5) is 5.69 Å². The molecule has 114 valence electrons. The molecule has 0 radical (unpaired) electrons. The largest absolute Gasteiger partial charge is 0.490 e. The third-order valence-electron chi connectivity index (χ3n) is 3.83. The fourth-order valence-corrected chi connectivity index (χ4v) is 2.67. The summed E-state index contributed by atoms with van der Waals surface area (Å²) in [5.74, 6) is -0.0985. The number of methoxy groups -OCH3 is 1. The molecule has 1 aliphatic carbocycles. The lowest BCUT2D eigenvalue weighted by molar-refractivity contribution is -0.385. The van der Waals surface area contributed by atoms with Gasteiger partial charge in [0, 0.05) is 17.7 Å². The van der Waals surface area contributed by atoms with Crippen LogP contribution in [0.15, 0.2) is 18.2 Å². The molecule has 6 nitrogen and oxygen atoms in total. The maximum atomic E-state index is 12.2. The number of rotatable bonds is 4. The van der Waals surface area contributed by atoms with Crippen molar-refractivity contribution in [2.75, 3.05) is 7.11 Å². The first-order valence-electron chi connectivity index (χ1n) is 7.25. The number of ether oxygens (including phenoxy) is 1. The molecule has 0 atom stereocenters. The molecule has 21 heavy (non-hydrogen) atoms. The van der Waals surface area contributed by atoms with Crippen molar-refractivity contribution in [3.8, 4) is 5.75 Å². The lowest BCUT2D eigenvalue weighted by Gasteiger charge is -2.16. The third kappa shape index (κ3) is 3.93. The number of nitro benzene ring substituents is 1. The van der Waals surface area contributed by atoms with E-state index < -0.39 is 4.92 Å². The van der Waals surface area contributed by atoms with E-state index >= 15 is 0 Å². The minimum absolute atomic E-state index is 0.158. The van der Waals surface area contributed by atoms with Gasteiger partial charge in [0.25, 0.3) is 5.91 Å². The molecule has 1 saturated carbocycles. The van der Waals surface area contributed by atoms with Gasteiger partial charge >= 0.3 is 5.69 Å². The highest BCUT2D eigenvalue weighted by atomic mass is 16.6. The Morgan fingerprint density at radius 1 is 1.29 bits per heavy atom. The zero-order chi connectivity index (χ0) is 15.2. The molecule has 1 N–H and O–H groups in total. The Balaban J connectivity index is 2.11.